The molecule has 10 heavy (non-hydrogen) atoms. The van der Waals surface area contributed by atoms with Crippen molar-refractivity contribution in [1.82, 2.24) is 0 Å². The van der Waals surface area contributed by atoms with Gasteiger partial charge in [0.1, 0.15) is 5.60 Å². The number of rotatable bonds is 1. The number of halogens is 2. The van der Waals surface area contributed by atoms with E-state index in [1.807, 2.05) is 0 Å². The molecule has 0 aromatic heterocycles. The summed E-state index contributed by atoms with van der Waals surface area (Å²) in [5.74, 6) is -2.70. The first kappa shape index (κ1) is 7.92. The molecule has 1 rings (SSSR count). The summed E-state index contributed by atoms with van der Waals surface area (Å²) in [6.45, 7) is 2.86. The van der Waals surface area contributed by atoms with E-state index in [2.05, 4.69) is 0 Å². The minimum Gasteiger partial charge on any atom is -0.369 e. The summed E-state index contributed by atoms with van der Waals surface area (Å²) in [5.41, 5.74) is -1.20. The Morgan fingerprint density at radius 2 is 2.10 bits per heavy atom. The normalized spacial score (nSPS) is 34.8. The van der Waals surface area contributed by atoms with Gasteiger partial charge < -0.3 is 4.74 Å². The zero-order valence-corrected chi connectivity index (χ0v) is 6.29. The third-order valence-electron chi connectivity index (χ3n) is 2.15. The quantitative estimate of drug-likeness (QED) is 0.556. The van der Waals surface area contributed by atoms with E-state index in [1.165, 1.54) is 6.92 Å². The van der Waals surface area contributed by atoms with Gasteiger partial charge in [-0.2, -0.15) is 0 Å². The minimum atomic E-state index is -2.70. The Labute approximate surface area is 59.4 Å². The summed E-state index contributed by atoms with van der Waals surface area (Å²) in [4.78, 5) is 0. The highest BCUT2D eigenvalue weighted by Crippen LogP contribution is 2.38. The van der Waals surface area contributed by atoms with Crippen LogP contribution in [0.25, 0.3) is 0 Å². The summed E-state index contributed by atoms with van der Waals surface area (Å²) in [6, 6.07) is 0. The van der Waals surface area contributed by atoms with Crippen molar-refractivity contribution < 1.29 is 13.5 Å². The van der Waals surface area contributed by atoms with Gasteiger partial charge in [0.25, 0.3) is 5.92 Å². The van der Waals surface area contributed by atoms with Gasteiger partial charge >= 0.3 is 0 Å². The second kappa shape index (κ2) is 2.16. The van der Waals surface area contributed by atoms with Gasteiger partial charge in [0, 0.05) is 13.5 Å². The molecule has 0 amide bonds. The van der Waals surface area contributed by atoms with Crippen molar-refractivity contribution in [2.45, 2.75) is 38.2 Å². The van der Waals surface area contributed by atoms with E-state index in [4.69, 9.17) is 4.74 Å². The van der Waals surface area contributed by atoms with Crippen molar-refractivity contribution >= 4 is 0 Å². The first-order valence-corrected chi connectivity index (χ1v) is 3.47. The fourth-order valence-electron chi connectivity index (χ4n) is 1.13. The molecule has 0 N–H and O–H groups in total. The van der Waals surface area contributed by atoms with Gasteiger partial charge in [-0.3, -0.25) is 0 Å². The van der Waals surface area contributed by atoms with Crippen LogP contribution < -0.4 is 0 Å². The highest BCUT2D eigenvalue weighted by atomic mass is 19.3. The molecule has 0 saturated carbocycles. The Morgan fingerprint density at radius 3 is 2.30 bits per heavy atom. The van der Waals surface area contributed by atoms with Crippen LogP contribution >= 0.6 is 0 Å². The predicted molar refractivity (Wildman–Crippen MR) is 34.2 cm³/mol. The smallest absolute Gasteiger partial charge is 0.273 e. The molecule has 1 atom stereocenters. The summed E-state index contributed by atoms with van der Waals surface area (Å²) >= 11 is 0. The molecule has 0 bridgehead atoms. The molecule has 1 fully saturated rings. The highest BCUT2D eigenvalue weighted by molar-refractivity contribution is 4.90. The lowest BCUT2D eigenvalue weighted by atomic mass is 9.96. The van der Waals surface area contributed by atoms with Gasteiger partial charge in [-0.15, -0.1) is 0 Å². The van der Waals surface area contributed by atoms with Crippen LogP contribution in [0, 0.1) is 0 Å². The minimum absolute atomic E-state index is 0.469. The SMILES string of the molecule is CC(F)(F)C1(C)CCCO1. The lowest BCUT2D eigenvalue weighted by molar-refractivity contribution is -0.165. The van der Waals surface area contributed by atoms with Crippen LogP contribution in [0.4, 0.5) is 8.78 Å². The van der Waals surface area contributed by atoms with Crippen LogP contribution in [0.1, 0.15) is 26.7 Å². The molecule has 1 heterocycles. The standard InChI is InChI=1S/C7H12F2O/c1-6(7(2,8)9)4-3-5-10-6/h3-5H2,1-2H3. The van der Waals surface area contributed by atoms with Gasteiger partial charge in [0.15, 0.2) is 0 Å². The van der Waals surface area contributed by atoms with E-state index in [1.54, 1.807) is 0 Å². The van der Waals surface area contributed by atoms with E-state index in [-0.39, 0.29) is 0 Å². The molecule has 60 valence electrons. The number of alkyl halides is 2. The summed E-state index contributed by atoms with van der Waals surface area (Å²) in [5, 5.41) is 0. The summed E-state index contributed by atoms with van der Waals surface area (Å²) in [6.07, 6.45) is 1.22. The van der Waals surface area contributed by atoms with E-state index >= 15 is 0 Å². The number of hydrogen-bond donors (Lipinski definition) is 0. The van der Waals surface area contributed by atoms with Crippen LogP contribution in [0.5, 0.6) is 0 Å². The number of hydrogen-bond acceptors (Lipinski definition) is 1. The zero-order chi connectivity index (χ0) is 7.83. The molecule has 0 aliphatic carbocycles. The maximum absolute atomic E-state index is 12.7. The molecule has 0 spiro atoms. The second-order valence-electron chi connectivity index (χ2n) is 3.07. The topological polar surface area (TPSA) is 9.23 Å². The van der Waals surface area contributed by atoms with Gasteiger partial charge in [0.2, 0.25) is 0 Å². The molecule has 0 aromatic carbocycles. The average molecular weight is 150 g/mol. The third kappa shape index (κ3) is 1.15. The molecule has 3 heteroatoms. The van der Waals surface area contributed by atoms with Crippen molar-refractivity contribution in [2.24, 2.45) is 0 Å². The molecule has 1 aliphatic heterocycles. The van der Waals surface area contributed by atoms with Crippen LogP contribution in [-0.4, -0.2) is 18.1 Å². The van der Waals surface area contributed by atoms with E-state index < -0.39 is 11.5 Å². The molecule has 0 aromatic rings. The fourth-order valence-corrected chi connectivity index (χ4v) is 1.13. The van der Waals surface area contributed by atoms with E-state index in [9.17, 15) is 8.78 Å². The molecule has 1 aliphatic rings. The molecule has 1 saturated heterocycles. The van der Waals surface area contributed by atoms with E-state index in [0.29, 0.717) is 13.0 Å². The number of ether oxygens (including phenoxy) is 1. The molecular weight excluding hydrogens is 138 g/mol. The van der Waals surface area contributed by atoms with Gasteiger partial charge in [0.05, 0.1) is 0 Å². The van der Waals surface area contributed by atoms with Crippen LogP contribution in [0.15, 0.2) is 0 Å². The van der Waals surface area contributed by atoms with Gasteiger partial charge in [-0.25, -0.2) is 8.78 Å². The lowest BCUT2D eigenvalue weighted by Crippen LogP contribution is -2.42. The second-order valence-corrected chi connectivity index (χ2v) is 3.07. The van der Waals surface area contributed by atoms with Crippen molar-refractivity contribution in [1.29, 1.82) is 0 Å². The fraction of sp³-hybridized carbons (Fsp3) is 1.00. The summed E-state index contributed by atoms with van der Waals surface area (Å²) < 4.78 is 30.3. The van der Waals surface area contributed by atoms with Crippen molar-refractivity contribution in [3.8, 4) is 0 Å². The third-order valence-corrected chi connectivity index (χ3v) is 2.15. The Bertz CT molecular complexity index is 122. The maximum atomic E-state index is 12.7. The van der Waals surface area contributed by atoms with Crippen LogP contribution in [-0.2, 0) is 4.74 Å². The monoisotopic (exact) mass is 150 g/mol. The Morgan fingerprint density at radius 1 is 1.50 bits per heavy atom. The van der Waals surface area contributed by atoms with Crippen molar-refractivity contribution in [2.75, 3.05) is 6.61 Å². The average Bonchev–Trinajstić information content (AvgIpc) is 2.13. The first-order chi connectivity index (χ1) is 4.46. The first-order valence-electron chi connectivity index (χ1n) is 3.47. The zero-order valence-electron chi connectivity index (χ0n) is 6.29. The van der Waals surface area contributed by atoms with E-state index in [0.717, 1.165) is 13.3 Å². The Hall–Kier alpha value is -0.180. The maximum Gasteiger partial charge on any atom is 0.273 e. The Balaban J connectivity index is 2.67. The Kier molecular flexibility index (Phi) is 1.71. The predicted octanol–water partition coefficient (Wildman–Crippen LogP) is 2.21. The summed E-state index contributed by atoms with van der Waals surface area (Å²) in [7, 11) is 0. The van der Waals surface area contributed by atoms with Crippen molar-refractivity contribution in [3.05, 3.63) is 0 Å². The molecule has 0 radical (unpaired) electrons. The largest absolute Gasteiger partial charge is 0.369 e. The molecule has 1 unspecified atom stereocenters. The molecule has 1 nitrogen and oxygen atoms in total. The lowest BCUT2D eigenvalue weighted by Gasteiger charge is -2.29. The van der Waals surface area contributed by atoms with Crippen LogP contribution in [0.3, 0.4) is 0 Å². The van der Waals surface area contributed by atoms with Gasteiger partial charge in [-0.05, 0) is 19.8 Å². The highest BCUT2D eigenvalue weighted by Gasteiger charge is 2.49. The van der Waals surface area contributed by atoms with Crippen LogP contribution in [0.2, 0.25) is 0 Å². The van der Waals surface area contributed by atoms with Gasteiger partial charge in [-0.1, -0.05) is 0 Å². The van der Waals surface area contributed by atoms with Crippen molar-refractivity contribution in [3.63, 3.8) is 0 Å². The molecular formula is C7H12F2O.